The molecule has 2 amide bonds. The monoisotopic (exact) mass is 330 g/mol. The Morgan fingerprint density at radius 3 is 2.91 bits per heavy atom. The Bertz CT molecular complexity index is 748. The van der Waals surface area contributed by atoms with Crippen molar-refractivity contribution in [2.75, 3.05) is 11.1 Å². The van der Waals surface area contributed by atoms with Crippen LogP contribution < -0.4 is 10.6 Å². The summed E-state index contributed by atoms with van der Waals surface area (Å²) in [5.41, 5.74) is 3.84. The standard InChI is InChI=1S/C18H19FN2OS/c1-11-4-3-5-15(12(11)2)20-18(22)21-16-8-9-23-17-7-6-13(19)10-14(16)17/h3-7,10,16H,8-9H2,1-2H3,(H2,20,21,22). The fourth-order valence-electron chi connectivity index (χ4n) is 2.72. The van der Waals surface area contributed by atoms with Crippen LogP contribution in [0, 0.1) is 19.7 Å². The fraction of sp³-hybridized carbons (Fsp3) is 0.278. The number of rotatable bonds is 2. The summed E-state index contributed by atoms with van der Waals surface area (Å²) in [5.74, 6) is 0.639. The van der Waals surface area contributed by atoms with Gasteiger partial charge in [0.2, 0.25) is 0 Å². The summed E-state index contributed by atoms with van der Waals surface area (Å²) in [5, 5.41) is 5.86. The van der Waals surface area contributed by atoms with Gasteiger partial charge in [0, 0.05) is 16.3 Å². The molecular formula is C18H19FN2OS. The van der Waals surface area contributed by atoms with Crippen molar-refractivity contribution in [1.82, 2.24) is 5.32 Å². The number of thioether (sulfide) groups is 1. The summed E-state index contributed by atoms with van der Waals surface area (Å²) in [6.07, 6.45) is 0.793. The third-order valence-electron chi connectivity index (χ3n) is 4.17. The van der Waals surface area contributed by atoms with Crippen LogP contribution >= 0.6 is 11.8 Å². The van der Waals surface area contributed by atoms with E-state index >= 15 is 0 Å². The SMILES string of the molecule is Cc1cccc(NC(=O)NC2CCSc3ccc(F)cc32)c1C. The lowest BCUT2D eigenvalue weighted by Gasteiger charge is -2.26. The lowest BCUT2D eigenvalue weighted by molar-refractivity contribution is 0.248. The van der Waals surface area contributed by atoms with Crippen LogP contribution in [0.4, 0.5) is 14.9 Å². The van der Waals surface area contributed by atoms with E-state index in [0.29, 0.717) is 0 Å². The first-order valence-corrected chi connectivity index (χ1v) is 8.59. The van der Waals surface area contributed by atoms with Crippen LogP contribution in [0.2, 0.25) is 0 Å². The van der Waals surface area contributed by atoms with Crippen LogP contribution in [-0.2, 0) is 0 Å². The van der Waals surface area contributed by atoms with Gasteiger partial charge in [-0.1, -0.05) is 12.1 Å². The molecule has 0 aliphatic carbocycles. The molecule has 23 heavy (non-hydrogen) atoms. The predicted molar refractivity (Wildman–Crippen MR) is 92.6 cm³/mol. The highest BCUT2D eigenvalue weighted by Crippen LogP contribution is 2.36. The number of carbonyl (C=O) groups is 1. The first-order valence-electron chi connectivity index (χ1n) is 7.60. The summed E-state index contributed by atoms with van der Waals surface area (Å²) < 4.78 is 13.5. The zero-order valence-electron chi connectivity index (χ0n) is 13.2. The van der Waals surface area contributed by atoms with E-state index in [9.17, 15) is 9.18 Å². The molecule has 0 saturated heterocycles. The minimum absolute atomic E-state index is 0.160. The number of hydrogen-bond donors (Lipinski definition) is 2. The summed E-state index contributed by atoms with van der Waals surface area (Å²) in [6.45, 7) is 3.99. The number of halogens is 1. The van der Waals surface area contributed by atoms with Gasteiger partial charge in [0.05, 0.1) is 6.04 Å². The minimum Gasteiger partial charge on any atom is -0.331 e. The molecule has 0 radical (unpaired) electrons. The van der Waals surface area contributed by atoms with E-state index in [1.807, 2.05) is 32.0 Å². The van der Waals surface area contributed by atoms with Crippen LogP contribution in [0.3, 0.4) is 0 Å². The molecule has 0 bridgehead atoms. The molecular weight excluding hydrogens is 311 g/mol. The number of nitrogens with one attached hydrogen (secondary N) is 2. The number of fused-ring (bicyclic) bond motifs is 1. The number of urea groups is 1. The first-order chi connectivity index (χ1) is 11.0. The molecule has 1 aliphatic heterocycles. The fourth-order valence-corrected chi connectivity index (χ4v) is 3.82. The van der Waals surface area contributed by atoms with Gasteiger partial charge in [-0.25, -0.2) is 9.18 Å². The molecule has 0 spiro atoms. The van der Waals surface area contributed by atoms with Crippen LogP contribution in [0.25, 0.3) is 0 Å². The van der Waals surface area contributed by atoms with Gasteiger partial charge in [-0.05, 0) is 61.2 Å². The first kappa shape index (κ1) is 15.9. The van der Waals surface area contributed by atoms with Gasteiger partial charge < -0.3 is 10.6 Å². The molecule has 0 saturated carbocycles. The lowest BCUT2D eigenvalue weighted by Crippen LogP contribution is -2.34. The van der Waals surface area contributed by atoms with Gasteiger partial charge in [0.1, 0.15) is 5.82 Å². The summed E-state index contributed by atoms with van der Waals surface area (Å²) in [7, 11) is 0. The number of anilines is 1. The van der Waals surface area contributed by atoms with Gasteiger partial charge in [-0.15, -0.1) is 11.8 Å². The maximum absolute atomic E-state index is 13.5. The summed E-state index contributed by atoms with van der Waals surface area (Å²) >= 11 is 1.70. The van der Waals surface area contributed by atoms with Crippen molar-refractivity contribution >= 4 is 23.5 Å². The normalized spacial score (nSPS) is 16.6. The Balaban J connectivity index is 1.74. The van der Waals surface area contributed by atoms with E-state index in [-0.39, 0.29) is 17.9 Å². The third-order valence-corrected chi connectivity index (χ3v) is 5.29. The summed E-state index contributed by atoms with van der Waals surface area (Å²) in [6, 6.07) is 10.2. The lowest BCUT2D eigenvalue weighted by atomic mass is 10.0. The molecule has 5 heteroatoms. The number of aryl methyl sites for hydroxylation is 1. The molecule has 2 N–H and O–H groups in total. The topological polar surface area (TPSA) is 41.1 Å². The molecule has 2 aromatic carbocycles. The molecule has 3 nitrogen and oxygen atoms in total. The maximum atomic E-state index is 13.5. The van der Waals surface area contributed by atoms with E-state index in [1.54, 1.807) is 17.8 Å². The molecule has 1 heterocycles. The highest BCUT2D eigenvalue weighted by Gasteiger charge is 2.23. The maximum Gasteiger partial charge on any atom is 0.319 e. The van der Waals surface area contributed by atoms with Gasteiger partial charge in [-0.3, -0.25) is 0 Å². The van der Waals surface area contributed by atoms with E-state index in [1.165, 1.54) is 12.1 Å². The van der Waals surface area contributed by atoms with Gasteiger partial charge in [0.15, 0.2) is 0 Å². The van der Waals surface area contributed by atoms with Crippen molar-refractivity contribution < 1.29 is 9.18 Å². The highest BCUT2D eigenvalue weighted by atomic mass is 32.2. The smallest absolute Gasteiger partial charge is 0.319 e. The zero-order chi connectivity index (χ0) is 16.4. The van der Waals surface area contributed by atoms with Gasteiger partial charge in [-0.2, -0.15) is 0 Å². The second kappa shape index (κ2) is 6.62. The van der Waals surface area contributed by atoms with E-state index in [2.05, 4.69) is 10.6 Å². The van der Waals surface area contributed by atoms with Crippen LogP contribution in [0.5, 0.6) is 0 Å². The Hall–Kier alpha value is -2.01. The Morgan fingerprint density at radius 2 is 2.09 bits per heavy atom. The van der Waals surface area contributed by atoms with Crippen LogP contribution in [-0.4, -0.2) is 11.8 Å². The third kappa shape index (κ3) is 3.50. The number of amides is 2. The van der Waals surface area contributed by atoms with Crippen LogP contribution in [0.1, 0.15) is 29.2 Å². The molecule has 1 atom stereocenters. The van der Waals surface area contributed by atoms with Crippen molar-refractivity contribution in [3.05, 3.63) is 58.9 Å². The Labute approximate surface area is 139 Å². The molecule has 120 valence electrons. The second-order valence-corrected chi connectivity index (χ2v) is 6.85. The van der Waals surface area contributed by atoms with Crippen molar-refractivity contribution in [3.63, 3.8) is 0 Å². The predicted octanol–water partition coefficient (Wildman–Crippen LogP) is 4.80. The quantitative estimate of drug-likeness (QED) is 0.830. The highest BCUT2D eigenvalue weighted by molar-refractivity contribution is 7.99. The van der Waals surface area contributed by atoms with Crippen molar-refractivity contribution in [2.24, 2.45) is 0 Å². The molecule has 0 fully saturated rings. The van der Waals surface area contributed by atoms with Crippen molar-refractivity contribution in [1.29, 1.82) is 0 Å². The zero-order valence-corrected chi connectivity index (χ0v) is 14.0. The minimum atomic E-state index is -0.270. The Kier molecular flexibility index (Phi) is 4.57. The summed E-state index contributed by atoms with van der Waals surface area (Å²) in [4.78, 5) is 13.4. The second-order valence-electron chi connectivity index (χ2n) is 5.72. The molecule has 0 aromatic heterocycles. The largest absolute Gasteiger partial charge is 0.331 e. The molecule has 2 aromatic rings. The van der Waals surface area contributed by atoms with E-state index in [4.69, 9.17) is 0 Å². The van der Waals surface area contributed by atoms with Gasteiger partial charge in [0.25, 0.3) is 0 Å². The number of carbonyl (C=O) groups excluding carboxylic acids is 1. The van der Waals surface area contributed by atoms with Crippen LogP contribution in [0.15, 0.2) is 41.3 Å². The van der Waals surface area contributed by atoms with Gasteiger partial charge >= 0.3 is 6.03 Å². The Morgan fingerprint density at radius 1 is 1.26 bits per heavy atom. The number of hydrogen-bond acceptors (Lipinski definition) is 2. The van der Waals surface area contributed by atoms with E-state index in [0.717, 1.165) is 39.4 Å². The molecule has 3 rings (SSSR count). The molecule has 1 aliphatic rings. The number of benzene rings is 2. The van der Waals surface area contributed by atoms with Crippen molar-refractivity contribution in [3.8, 4) is 0 Å². The average Bonchev–Trinajstić information content (AvgIpc) is 2.52. The van der Waals surface area contributed by atoms with E-state index < -0.39 is 0 Å². The average molecular weight is 330 g/mol. The molecule has 1 unspecified atom stereocenters. The van der Waals surface area contributed by atoms with Crippen molar-refractivity contribution in [2.45, 2.75) is 31.2 Å².